The van der Waals surface area contributed by atoms with Crippen LogP contribution in [0.1, 0.15) is 42.6 Å². The Morgan fingerprint density at radius 1 is 1.33 bits per heavy atom. The molecular weight excluding hydrogens is 281 g/mol. The average Bonchev–Trinajstić information content (AvgIpc) is 3.23. The van der Waals surface area contributed by atoms with Crippen molar-refractivity contribution in [3.8, 4) is 0 Å². The molecule has 0 unspecified atom stereocenters. The second kappa shape index (κ2) is 5.95. The van der Waals surface area contributed by atoms with E-state index in [1.807, 2.05) is 13.8 Å². The van der Waals surface area contributed by atoms with Crippen LogP contribution < -0.4 is 5.32 Å². The molecule has 0 aliphatic heterocycles. The predicted octanol–water partition coefficient (Wildman–Crippen LogP) is 3.76. The molecule has 0 heterocycles. The summed E-state index contributed by atoms with van der Waals surface area (Å²) in [5.41, 5.74) is -0.241. The number of carbonyl (C=O) groups excluding carboxylic acids is 1. The quantitative estimate of drug-likeness (QED) is 0.898. The molecule has 0 atom stereocenters. The summed E-state index contributed by atoms with van der Waals surface area (Å²) in [6.07, 6.45) is -2.60. The highest BCUT2D eigenvalue weighted by Crippen LogP contribution is 2.34. The van der Waals surface area contributed by atoms with E-state index in [9.17, 15) is 18.0 Å². The zero-order valence-electron chi connectivity index (χ0n) is 12.1. The number of amides is 1. The number of anilines is 1. The third-order valence-corrected chi connectivity index (χ3v) is 3.53. The number of nitrogens with one attached hydrogen (secondary N) is 1. The van der Waals surface area contributed by atoms with Crippen LogP contribution in [-0.4, -0.2) is 29.9 Å². The van der Waals surface area contributed by atoms with E-state index in [1.165, 1.54) is 6.07 Å². The molecule has 1 saturated carbocycles. The van der Waals surface area contributed by atoms with Crippen LogP contribution in [-0.2, 0) is 6.18 Å². The Balaban J connectivity index is 2.39. The van der Waals surface area contributed by atoms with Gasteiger partial charge in [-0.05, 0) is 44.9 Å². The molecular formula is C15H19F3N2O. The zero-order chi connectivity index (χ0) is 15.6. The van der Waals surface area contributed by atoms with Crippen LogP contribution >= 0.6 is 0 Å². The molecule has 1 N–H and O–H groups in total. The summed E-state index contributed by atoms with van der Waals surface area (Å²) in [6, 6.07) is 3.46. The van der Waals surface area contributed by atoms with Crippen LogP contribution in [0.3, 0.4) is 0 Å². The molecule has 1 aromatic rings. The summed E-state index contributed by atoms with van der Waals surface area (Å²) in [4.78, 5) is 14.2. The molecule has 0 aromatic heterocycles. The molecule has 116 valence electrons. The van der Waals surface area contributed by atoms with Crippen molar-refractivity contribution in [3.63, 3.8) is 0 Å². The summed E-state index contributed by atoms with van der Waals surface area (Å²) < 4.78 is 38.6. The van der Waals surface area contributed by atoms with E-state index in [1.54, 1.807) is 4.90 Å². The van der Waals surface area contributed by atoms with Crippen LogP contribution in [0.2, 0.25) is 0 Å². The zero-order valence-corrected chi connectivity index (χ0v) is 12.1. The lowest BCUT2D eigenvalue weighted by Gasteiger charge is -2.23. The van der Waals surface area contributed by atoms with E-state index < -0.39 is 11.7 Å². The van der Waals surface area contributed by atoms with Crippen LogP contribution in [0.5, 0.6) is 0 Å². The Bertz CT molecular complexity index is 524. The lowest BCUT2D eigenvalue weighted by Crippen LogP contribution is -2.33. The molecule has 0 spiro atoms. The minimum atomic E-state index is -4.45. The summed E-state index contributed by atoms with van der Waals surface area (Å²) in [6.45, 7) is 4.73. The van der Waals surface area contributed by atoms with Crippen LogP contribution in [0.4, 0.5) is 18.9 Å². The maximum atomic E-state index is 12.9. The van der Waals surface area contributed by atoms with Crippen molar-refractivity contribution in [2.24, 2.45) is 0 Å². The molecule has 6 heteroatoms. The van der Waals surface area contributed by atoms with Gasteiger partial charge in [0.1, 0.15) is 0 Å². The molecule has 0 saturated heterocycles. The molecule has 3 nitrogen and oxygen atoms in total. The highest BCUT2D eigenvalue weighted by atomic mass is 19.4. The van der Waals surface area contributed by atoms with E-state index >= 15 is 0 Å². The van der Waals surface area contributed by atoms with E-state index in [0.29, 0.717) is 18.8 Å². The number of rotatable bonds is 5. The summed E-state index contributed by atoms with van der Waals surface area (Å²) in [5, 5.41) is 2.96. The van der Waals surface area contributed by atoms with Crippen molar-refractivity contribution in [3.05, 3.63) is 29.3 Å². The van der Waals surface area contributed by atoms with Crippen LogP contribution in [0, 0.1) is 0 Å². The van der Waals surface area contributed by atoms with Gasteiger partial charge in [0.05, 0.1) is 11.1 Å². The molecule has 2 rings (SSSR count). The smallest absolute Gasteiger partial charge is 0.385 e. The molecule has 1 aliphatic carbocycles. The van der Waals surface area contributed by atoms with Gasteiger partial charge in [0.25, 0.3) is 5.91 Å². The predicted molar refractivity (Wildman–Crippen MR) is 75.3 cm³/mol. The van der Waals surface area contributed by atoms with Crippen molar-refractivity contribution >= 4 is 11.6 Å². The lowest BCUT2D eigenvalue weighted by molar-refractivity contribution is -0.137. The maximum absolute atomic E-state index is 12.9. The molecule has 1 aromatic carbocycles. The Morgan fingerprint density at radius 2 is 2.00 bits per heavy atom. The van der Waals surface area contributed by atoms with Gasteiger partial charge < -0.3 is 10.2 Å². The van der Waals surface area contributed by atoms with Crippen molar-refractivity contribution in [2.45, 2.75) is 38.9 Å². The normalized spacial score (nSPS) is 14.9. The average molecular weight is 300 g/mol. The minimum absolute atomic E-state index is 0.0976. The van der Waals surface area contributed by atoms with Crippen molar-refractivity contribution in [2.75, 3.05) is 18.4 Å². The minimum Gasteiger partial charge on any atom is -0.385 e. The third kappa shape index (κ3) is 3.49. The summed E-state index contributed by atoms with van der Waals surface area (Å²) in [7, 11) is 0. The van der Waals surface area contributed by atoms with Gasteiger partial charge in [-0.2, -0.15) is 13.2 Å². The largest absolute Gasteiger partial charge is 0.416 e. The number of hydrogen-bond donors (Lipinski definition) is 1. The maximum Gasteiger partial charge on any atom is 0.416 e. The summed E-state index contributed by atoms with van der Waals surface area (Å²) >= 11 is 0. The standard InChI is InChI=1S/C15H19F3N2O/c1-3-19-13-8-5-10(15(16,17)18)9-12(13)14(21)20(4-2)11-6-7-11/h5,8-9,11,19H,3-4,6-7H2,1-2H3. The van der Waals surface area contributed by atoms with Gasteiger partial charge in [-0.15, -0.1) is 0 Å². The summed E-state index contributed by atoms with van der Waals surface area (Å²) in [5.74, 6) is -0.331. The highest BCUT2D eigenvalue weighted by Gasteiger charge is 2.35. The Kier molecular flexibility index (Phi) is 4.44. The number of hydrogen-bond acceptors (Lipinski definition) is 2. The van der Waals surface area contributed by atoms with Gasteiger partial charge in [0, 0.05) is 24.8 Å². The highest BCUT2D eigenvalue weighted by molar-refractivity contribution is 6.00. The lowest BCUT2D eigenvalue weighted by atomic mass is 10.1. The Hall–Kier alpha value is -1.72. The molecule has 21 heavy (non-hydrogen) atoms. The third-order valence-electron chi connectivity index (χ3n) is 3.53. The fourth-order valence-corrected chi connectivity index (χ4v) is 2.35. The number of nitrogens with zero attached hydrogens (tertiary/aromatic N) is 1. The van der Waals surface area contributed by atoms with Gasteiger partial charge in [0.2, 0.25) is 0 Å². The van der Waals surface area contributed by atoms with Gasteiger partial charge in [-0.3, -0.25) is 4.79 Å². The first-order valence-corrected chi connectivity index (χ1v) is 7.14. The van der Waals surface area contributed by atoms with E-state index in [2.05, 4.69) is 5.32 Å². The van der Waals surface area contributed by atoms with Crippen molar-refractivity contribution < 1.29 is 18.0 Å². The van der Waals surface area contributed by atoms with Gasteiger partial charge in [0.15, 0.2) is 0 Å². The van der Waals surface area contributed by atoms with Gasteiger partial charge in [-0.1, -0.05) is 0 Å². The van der Waals surface area contributed by atoms with E-state index in [-0.39, 0.29) is 17.5 Å². The topological polar surface area (TPSA) is 32.3 Å². The van der Waals surface area contributed by atoms with Crippen LogP contribution in [0.15, 0.2) is 18.2 Å². The molecule has 1 aliphatic rings. The Morgan fingerprint density at radius 3 is 2.48 bits per heavy atom. The number of carbonyl (C=O) groups is 1. The van der Waals surface area contributed by atoms with E-state index in [0.717, 1.165) is 25.0 Å². The van der Waals surface area contributed by atoms with Crippen molar-refractivity contribution in [1.29, 1.82) is 0 Å². The number of alkyl halides is 3. The van der Waals surface area contributed by atoms with Gasteiger partial charge in [-0.25, -0.2) is 0 Å². The van der Waals surface area contributed by atoms with Gasteiger partial charge >= 0.3 is 6.18 Å². The van der Waals surface area contributed by atoms with E-state index in [4.69, 9.17) is 0 Å². The Labute approximate surface area is 122 Å². The molecule has 0 bridgehead atoms. The van der Waals surface area contributed by atoms with Crippen LogP contribution in [0.25, 0.3) is 0 Å². The first-order chi connectivity index (χ1) is 9.88. The first kappa shape index (κ1) is 15.7. The monoisotopic (exact) mass is 300 g/mol. The molecule has 0 radical (unpaired) electrons. The second-order valence-electron chi connectivity index (χ2n) is 5.11. The SMILES string of the molecule is CCNc1ccc(C(F)(F)F)cc1C(=O)N(CC)C1CC1. The molecule has 1 amide bonds. The fourth-order valence-electron chi connectivity index (χ4n) is 2.35. The number of benzene rings is 1. The number of halogens is 3. The molecule has 1 fully saturated rings. The fraction of sp³-hybridized carbons (Fsp3) is 0.533. The second-order valence-corrected chi connectivity index (χ2v) is 5.11. The first-order valence-electron chi connectivity index (χ1n) is 7.14. The van der Waals surface area contributed by atoms with Crippen molar-refractivity contribution in [1.82, 2.24) is 4.90 Å².